The van der Waals surface area contributed by atoms with E-state index < -0.39 is 17.6 Å². The quantitative estimate of drug-likeness (QED) is 0.194. The summed E-state index contributed by atoms with van der Waals surface area (Å²) >= 11 is 6.45. The van der Waals surface area contributed by atoms with Crippen molar-refractivity contribution in [3.05, 3.63) is 106 Å². The summed E-state index contributed by atoms with van der Waals surface area (Å²) < 4.78 is 50.2. The highest BCUT2D eigenvalue weighted by Gasteiger charge is 2.30. The lowest BCUT2D eigenvalue weighted by Gasteiger charge is -2.14. The van der Waals surface area contributed by atoms with Crippen LogP contribution < -0.4 is 14.8 Å². The van der Waals surface area contributed by atoms with Crippen LogP contribution in [-0.2, 0) is 17.6 Å². The van der Waals surface area contributed by atoms with Crippen LogP contribution in [0.1, 0.15) is 16.7 Å². The van der Waals surface area contributed by atoms with Gasteiger partial charge in [0.15, 0.2) is 11.5 Å². The topological polar surface area (TPSA) is 71.3 Å². The highest BCUT2D eigenvalue weighted by Crippen LogP contribution is 2.38. The lowest BCUT2D eigenvalue weighted by atomic mass is 10.1. The Balaban J connectivity index is 1.53. The van der Waals surface area contributed by atoms with E-state index in [-0.39, 0.29) is 34.4 Å². The number of nitriles is 1. The van der Waals surface area contributed by atoms with Crippen molar-refractivity contribution in [2.24, 2.45) is 0 Å². The molecule has 0 saturated heterocycles. The lowest BCUT2D eigenvalue weighted by molar-refractivity contribution is -0.137. The number of benzene rings is 4. The standard InChI is InChI=1S/C29H20ClF3N2O3/c1-37-26-14-19(12-22(16-34)28(36)35-24-8-4-7-23(15-24)29(31,32)33)13-25(30)27(26)38-17-18-9-10-20-5-2-3-6-21(20)11-18/h2-15H,17H2,1H3,(H,35,36)/b22-12-. The molecule has 0 radical (unpaired) electrons. The van der Waals surface area contributed by atoms with E-state index in [2.05, 4.69) is 5.32 Å². The molecule has 0 bridgehead atoms. The molecule has 5 nitrogen and oxygen atoms in total. The van der Waals surface area contributed by atoms with Gasteiger partial charge in [0.2, 0.25) is 0 Å². The Kier molecular flexibility index (Phi) is 7.89. The van der Waals surface area contributed by atoms with E-state index in [1.165, 1.54) is 31.4 Å². The molecule has 0 saturated carbocycles. The number of fused-ring (bicyclic) bond motifs is 1. The molecule has 0 aromatic heterocycles. The molecule has 1 N–H and O–H groups in total. The van der Waals surface area contributed by atoms with Gasteiger partial charge in [0.05, 0.1) is 17.7 Å². The maximum atomic E-state index is 13.0. The molecule has 38 heavy (non-hydrogen) atoms. The Labute approximate surface area is 221 Å². The van der Waals surface area contributed by atoms with E-state index in [1.54, 1.807) is 6.07 Å². The number of nitrogens with zero attached hydrogens (tertiary/aromatic N) is 1. The first-order valence-electron chi connectivity index (χ1n) is 11.3. The van der Waals surface area contributed by atoms with E-state index in [4.69, 9.17) is 21.1 Å². The number of alkyl halides is 3. The first-order chi connectivity index (χ1) is 18.2. The predicted octanol–water partition coefficient (Wildman–Crippen LogP) is 7.65. The number of halogens is 4. The fourth-order valence-electron chi connectivity index (χ4n) is 3.73. The van der Waals surface area contributed by atoms with Crippen molar-refractivity contribution in [3.63, 3.8) is 0 Å². The fraction of sp³-hybridized carbons (Fsp3) is 0.103. The molecule has 4 aromatic carbocycles. The molecule has 0 spiro atoms. The van der Waals surface area contributed by atoms with Crippen LogP contribution in [0.25, 0.3) is 16.8 Å². The number of amides is 1. The molecule has 0 aliphatic rings. The highest BCUT2D eigenvalue weighted by atomic mass is 35.5. The molecule has 0 aliphatic heterocycles. The molecule has 1 amide bonds. The third-order valence-corrected chi connectivity index (χ3v) is 5.85. The van der Waals surface area contributed by atoms with Crippen LogP contribution in [0.2, 0.25) is 5.02 Å². The molecule has 0 aliphatic carbocycles. The zero-order valence-electron chi connectivity index (χ0n) is 20.0. The molecule has 0 heterocycles. The third-order valence-electron chi connectivity index (χ3n) is 5.57. The summed E-state index contributed by atoms with van der Waals surface area (Å²) in [6.45, 7) is 0.221. The van der Waals surface area contributed by atoms with Crippen molar-refractivity contribution in [2.75, 3.05) is 12.4 Å². The molecule has 192 valence electrons. The van der Waals surface area contributed by atoms with Gasteiger partial charge in [-0.2, -0.15) is 18.4 Å². The number of rotatable bonds is 7. The van der Waals surface area contributed by atoms with Gasteiger partial charge in [0.25, 0.3) is 5.91 Å². The Bertz CT molecular complexity index is 1580. The van der Waals surface area contributed by atoms with Crippen LogP contribution in [0.5, 0.6) is 11.5 Å². The number of hydrogen-bond acceptors (Lipinski definition) is 4. The normalized spacial score (nSPS) is 11.6. The van der Waals surface area contributed by atoms with Crippen molar-refractivity contribution in [1.82, 2.24) is 0 Å². The minimum atomic E-state index is -4.57. The smallest absolute Gasteiger partial charge is 0.416 e. The molecular formula is C29H20ClF3N2O3. The number of hydrogen-bond donors (Lipinski definition) is 1. The van der Waals surface area contributed by atoms with Gasteiger partial charge < -0.3 is 14.8 Å². The summed E-state index contributed by atoms with van der Waals surface area (Å²) in [6, 6.07) is 22.8. The molecule has 0 unspecified atom stereocenters. The first kappa shape index (κ1) is 26.6. The summed E-state index contributed by atoms with van der Waals surface area (Å²) in [4.78, 5) is 12.6. The van der Waals surface area contributed by atoms with Gasteiger partial charge in [-0.15, -0.1) is 0 Å². The second kappa shape index (κ2) is 11.3. The second-order valence-corrected chi connectivity index (χ2v) is 8.61. The molecular weight excluding hydrogens is 517 g/mol. The van der Waals surface area contributed by atoms with Crippen LogP contribution in [-0.4, -0.2) is 13.0 Å². The van der Waals surface area contributed by atoms with Crippen molar-refractivity contribution >= 4 is 40.0 Å². The fourth-order valence-corrected chi connectivity index (χ4v) is 4.01. The summed E-state index contributed by atoms with van der Waals surface area (Å²) in [5, 5.41) is 14.2. The SMILES string of the molecule is COc1cc(/C=C(/C#N)C(=O)Nc2cccc(C(F)(F)F)c2)cc(Cl)c1OCc1ccc2ccccc2c1. The van der Waals surface area contributed by atoms with Gasteiger partial charge in [-0.3, -0.25) is 4.79 Å². The number of ether oxygens (including phenoxy) is 2. The Morgan fingerprint density at radius 2 is 1.79 bits per heavy atom. The number of methoxy groups -OCH3 is 1. The second-order valence-electron chi connectivity index (χ2n) is 8.21. The zero-order valence-corrected chi connectivity index (χ0v) is 20.7. The molecule has 4 aromatic rings. The van der Waals surface area contributed by atoms with E-state index in [1.807, 2.05) is 42.5 Å². The maximum absolute atomic E-state index is 13.0. The molecule has 9 heteroatoms. The van der Waals surface area contributed by atoms with Crippen molar-refractivity contribution < 1.29 is 27.4 Å². The predicted molar refractivity (Wildman–Crippen MR) is 140 cm³/mol. The lowest BCUT2D eigenvalue weighted by Crippen LogP contribution is -2.14. The van der Waals surface area contributed by atoms with Crippen LogP contribution in [0.4, 0.5) is 18.9 Å². The Morgan fingerprint density at radius 1 is 1.03 bits per heavy atom. The minimum Gasteiger partial charge on any atom is -0.493 e. The van der Waals surface area contributed by atoms with Gasteiger partial charge in [-0.05, 0) is 64.4 Å². The largest absolute Gasteiger partial charge is 0.493 e. The van der Waals surface area contributed by atoms with Crippen LogP contribution in [0.3, 0.4) is 0 Å². The van der Waals surface area contributed by atoms with E-state index >= 15 is 0 Å². The zero-order chi connectivity index (χ0) is 27.3. The maximum Gasteiger partial charge on any atom is 0.416 e. The van der Waals surface area contributed by atoms with E-state index in [0.717, 1.165) is 34.5 Å². The Hall–Kier alpha value is -4.48. The summed E-state index contributed by atoms with van der Waals surface area (Å²) in [5.41, 5.74) is -0.0811. The average Bonchev–Trinajstić information content (AvgIpc) is 2.90. The third kappa shape index (κ3) is 6.25. The summed E-state index contributed by atoms with van der Waals surface area (Å²) in [6.07, 6.45) is -3.31. The summed E-state index contributed by atoms with van der Waals surface area (Å²) in [5.74, 6) is -0.315. The van der Waals surface area contributed by atoms with E-state index in [9.17, 15) is 23.2 Å². The molecule has 0 atom stereocenters. The Morgan fingerprint density at radius 3 is 2.50 bits per heavy atom. The monoisotopic (exact) mass is 536 g/mol. The van der Waals surface area contributed by atoms with Gasteiger partial charge in [0.1, 0.15) is 18.2 Å². The number of carbonyl (C=O) groups is 1. The number of nitrogens with one attached hydrogen (secondary N) is 1. The summed E-state index contributed by atoms with van der Waals surface area (Å²) in [7, 11) is 1.42. The van der Waals surface area contributed by atoms with Gasteiger partial charge >= 0.3 is 6.18 Å². The minimum absolute atomic E-state index is 0.0981. The van der Waals surface area contributed by atoms with E-state index in [0.29, 0.717) is 5.56 Å². The average molecular weight is 537 g/mol. The molecule has 4 rings (SSSR count). The highest BCUT2D eigenvalue weighted by molar-refractivity contribution is 6.32. The number of anilines is 1. The van der Waals surface area contributed by atoms with Crippen LogP contribution in [0, 0.1) is 11.3 Å². The van der Waals surface area contributed by atoms with Gasteiger partial charge in [-0.25, -0.2) is 0 Å². The van der Waals surface area contributed by atoms with Crippen LogP contribution in [0.15, 0.2) is 84.4 Å². The van der Waals surface area contributed by atoms with Crippen LogP contribution >= 0.6 is 11.6 Å². The van der Waals surface area contributed by atoms with Gasteiger partial charge in [0, 0.05) is 5.69 Å². The number of carbonyl (C=O) groups excluding carboxylic acids is 1. The van der Waals surface area contributed by atoms with Gasteiger partial charge in [-0.1, -0.05) is 54.1 Å². The first-order valence-corrected chi connectivity index (χ1v) is 11.6. The van der Waals surface area contributed by atoms with Crippen molar-refractivity contribution in [3.8, 4) is 17.6 Å². The van der Waals surface area contributed by atoms with Crippen molar-refractivity contribution in [1.29, 1.82) is 5.26 Å². The molecule has 0 fully saturated rings. The van der Waals surface area contributed by atoms with Crippen molar-refractivity contribution in [2.45, 2.75) is 12.8 Å².